The van der Waals surface area contributed by atoms with Crippen molar-refractivity contribution in [3.63, 3.8) is 0 Å². The van der Waals surface area contributed by atoms with Gasteiger partial charge in [-0.3, -0.25) is 0 Å². The molecule has 0 amide bonds. The number of nitrogens with two attached hydrogens (primary N) is 1. The first-order valence-electron chi connectivity index (χ1n) is 6.94. The van der Waals surface area contributed by atoms with Crippen LogP contribution in [0.25, 0.3) is 0 Å². The quantitative estimate of drug-likeness (QED) is 0.684. The Labute approximate surface area is 117 Å². The van der Waals surface area contributed by atoms with Crippen LogP contribution in [0.2, 0.25) is 0 Å². The maximum absolute atomic E-state index is 9.49. The summed E-state index contributed by atoms with van der Waals surface area (Å²) in [7, 11) is 0. The molecule has 2 fully saturated rings. The van der Waals surface area contributed by atoms with Gasteiger partial charge in [0, 0.05) is 13.1 Å². The molecule has 2 aliphatic rings. The topological polar surface area (TPSA) is 109 Å². The summed E-state index contributed by atoms with van der Waals surface area (Å²) in [6.45, 7) is 2.89. The zero-order valence-corrected chi connectivity index (χ0v) is 11.4. The van der Waals surface area contributed by atoms with E-state index in [-0.39, 0.29) is 18.1 Å². The third-order valence-corrected chi connectivity index (χ3v) is 3.93. The summed E-state index contributed by atoms with van der Waals surface area (Å²) in [6.07, 6.45) is 2.94. The van der Waals surface area contributed by atoms with Crippen LogP contribution >= 0.6 is 0 Å². The molecule has 0 unspecified atom stereocenters. The molecule has 8 nitrogen and oxygen atoms in total. The molecule has 0 atom stereocenters. The molecular formula is C12H20N6O2. The van der Waals surface area contributed by atoms with E-state index in [0.29, 0.717) is 25.1 Å². The van der Waals surface area contributed by atoms with Crippen molar-refractivity contribution in [1.82, 2.24) is 15.0 Å². The Bertz CT molecular complexity index is 468. The van der Waals surface area contributed by atoms with Crippen molar-refractivity contribution in [3.8, 4) is 0 Å². The fraction of sp³-hybridized carbons (Fsp3) is 0.750. The lowest BCUT2D eigenvalue weighted by atomic mass is 9.77. The van der Waals surface area contributed by atoms with E-state index in [0.717, 1.165) is 32.4 Å². The van der Waals surface area contributed by atoms with Gasteiger partial charge in [0.1, 0.15) is 0 Å². The van der Waals surface area contributed by atoms with Crippen LogP contribution in [0.4, 0.5) is 17.8 Å². The van der Waals surface area contributed by atoms with Crippen LogP contribution in [-0.4, -0.2) is 58.5 Å². The SMILES string of the molecule is Nc1nc(NC2(CO)CCC2)nc(N2CCOCC2)n1. The summed E-state index contributed by atoms with van der Waals surface area (Å²) in [5.41, 5.74) is 5.47. The number of ether oxygens (including phenoxy) is 1. The number of aliphatic hydroxyl groups excluding tert-OH is 1. The van der Waals surface area contributed by atoms with Gasteiger partial charge in [0.05, 0.1) is 25.4 Å². The van der Waals surface area contributed by atoms with Crippen LogP contribution in [-0.2, 0) is 4.74 Å². The van der Waals surface area contributed by atoms with Gasteiger partial charge in [0.25, 0.3) is 0 Å². The van der Waals surface area contributed by atoms with Crippen molar-refractivity contribution in [2.75, 3.05) is 48.9 Å². The minimum atomic E-state index is -0.296. The van der Waals surface area contributed by atoms with Gasteiger partial charge in [-0.05, 0) is 19.3 Å². The van der Waals surface area contributed by atoms with Crippen LogP contribution in [0.1, 0.15) is 19.3 Å². The molecule has 0 spiro atoms. The first kappa shape index (κ1) is 13.3. The predicted octanol–water partition coefficient (Wildman–Crippen LogP) is -0.383. The first-order chi connectivity index (χ1) is 9.71. The van der Waals surface area contributed by atoms with E-state index in [2.05, 4.69) is 20.3 Å². The first-order valence-corrected chi connectivity index (χ1v) is 6.94. The number of nitrogen functional groups attached to an aromatic ring is 1. The molecule has 1 saturated carbocycles. The largest absolute Gasteiger partial charge is 0.394 e. The predicted molar refractivity (Wildman–Crippen MR) is 74.6 cm³/mol. The number of nitrogens with one attached hydrogen (secondary N) is 1. The van der Waals surface area contributed by atoms with E-state index in [4.69, 9.17) is 10.5 Å². The van der Waals surface area contributed by atoms with Crippen molar-refractivity contribution >= 4 is 17.8 Å². The highest BCUT2D eigenvalue weighted by molar-refractivity contribution is 5.44. The van der Waals surface area contributed by atoms with E-state index < -0.39 is 0 Å². The normalized spacial score (nSPS) is 21.4. The van der Waals surface area contributed by atoms with E-state index in [1.807, 2.05) is 4.90 Å². The standard InChI is InChI=1S/C12H20N6O2/c13-9-14-10(17-12(8-19)2-1-3-12)16-11(15-9)18-4-6-20-7-5-18/h19H,1-8H2,(H3,13,14,15,16,17). The molecule has 1 aromatic heterocycles. The Morgan fingerprint density at radius 2 is 2.00 bits per heavy atom. The zero-order valence-electron chi connectivity index (χ0n) is 11.4. The number of rotatable bonds is 4. The fourth-order valence-electron chi connectivity index (χ4n) is 2.50. The van der Waals surface area contributed by atoms with Gasteiger partial charge < -0.3 is 25.8 Å². The highest BCUT2D eigenvalue weighted by atomic mass is 16.5. The van der Waals surface area contributed by atoms with Crippen molar-refractivity contribution in [2.45, 2.75) is 24.8 Å². The van der Waals surface area contributed by atoms with Crippen LogP contribution in [0.5, 0.6) is 0 Å². The van der Waals surface area contributed by atoms with Crippen LogP contribution in [0.15, 0.2) is 0 Å². The lowest BCUT2D eigenvalue weighted by molar-refractivity contribution is 0.122. The summed E-state index contributed by atoms with van der Waals surface area (Å²) in [5.74, 6) is 1.19. The van der Waals surface area contributed by atoms with Crippen LogP contribution < -0.4 is 16.0 Å². The average Bonchev–Trinajstić information content (AvgIpc) is 2.43. The minimum Gasteiger partial charge on any atom is -0.394 e. The zero-order chi connectivity index (χ0) is 14.0. The van der Waals surface area contributed by atoms with Gasteiger partial charge in [0.15, 0.2) is 0 Å². The Hall–Kier alpha value is -1.67. The van der Waals surface area contributed by atoms with Crippen LogP contribution in [0, 0.1) is 0 Å². The lowest BCUT2D eigenvalue weighted by Gasteiger charge is -2.41. The van der Waals surface area contributed by atoms with E-state index in [1.54, 1.807) is 0 Å². The number of morpholine rings is 1. The second-order valence-electron chi connectivity index (χ2n) is 5.33. The molecule has 1 aliphatic heterocycles. The molecule has 1 aromatic rings. The summed E-state index contributed by atoms with van der Waals surface area (Å²) in [6, 6.07) is 0. The Morgan fingerprint density at radius 3 is 2.60 bits per heavy atom. The van der Waals surface area contributed by atoms with Crippen molar-refractivity contribution in [3.05, 3.63) is 0 Å². The smallest absolute Gasteiger partial charge is 0.232 e. The third-order valence-electron chi connectivity index (χ3n) is 3.93. The van der Waals surface area contributed by atoms with Gasteiger partial charge in [-0.2, -0.15) is 15.0 Å². The van der Waals surface area contributed by atoms with Crippen molar-refractivity contribution in [2.24, 2.45) is 0 Å². The van der Waals surface area contributed by atoms with Crippen LogP contribution in [0.3, 0.4) is 0 Å². The Kier molecular flexibility index (Phi) is 3.58. The summed E-state index contributed by atoms with van der Waals surface area (Å²) in [4.78, 5) is 14.7. The number of nitrogens with zero attached hydrogens (tertiary/aromatic N) is 4. The van der Waals surface area contributed by atoms with Crippen molar-refractivity contribution in [1.29, 1.82) is 0 Å². The van der Waals surface area contributed by atoms with Gasteiger partial charge in [-0.1, -0.05) is 0 Å². The van der Waals surface area contributed by atoms with E-state index in [1.165, 1.54) is 0 Å². The minimum absolute atomic E-state index is 0.0749. The second kappa shape index (κ2) is 5.37. The lowest BCUT2D eigenvalue weighted by Crippen LogP contribution is -2.49. The molecule has 20 heavy (non-hydrogen) atoms. The average molecular weight is 280 g/mol. The van der Waals surface area contributed by atoms with Crippen molar-refractivity contribution < 1.29 is 9.84 Å². The number of hydrogen-bond donors (Lipinski definition) is 3. The molecule has 0 aromatic carbocycles. The molecule has 0 bridgehead atoms. The number of aliphatic hydroxyl groups is 1. The van der Waals surface area contributed by atoms with Gasteiger partial charge in [0.2, 0.25) is 17.8 Å². The highest BCUT2D eigenvalue weighted by Gasteiger charge is 2.37. The van der Waals surface area contributed by atoms with E-state index >= 15 is 0 Å². The maximum atomic E-state index is 9.49. The molecule has 3 rings (SSSR count). The highest BCUT2D eigenvalue weighted by Crippen LogP contribution is 2.34. The number of aromatic nitrogens is 3. The second-order valence-corrected chi connectivity index (χ2v) is 5.33. The maximum Gasteiger partial charge on any atom is 0.232 e. The summed E-state index contributed by atoms with van der Waals surface area (Å²) >= 11 is 0. The summed E-state index contributed by atoms with van der Waals surface area (Å²) < 4.78 is 5.31. The van der Waals surface area contributed by atoms with Gasteiger partial charge in [-0.25, -0.2) is 0 Å². The molecule has 2 heterocycles. The van der Waals surface area contributed by atoms with E-state index in [9.17, 15) is 5.11 Å². The number of anilines is 3. The molecular weight excluding hydrogens is 260 g/mol. The molecule has 0 radical (unpaired) electrons. The monoisotopic (exact) mass is 280 g/mol. The Morgan fingerprint density at radius 1 is 1.25 bits per heavy atom. The number of hydrogen-bond acceptors (Lipinski definition) is 8. The van der Waals surface area contributed by atoms with Gasteiger partial charge >= 0.3 is 0 Å². The third kappa shape index (κ3) is 2.61. The molecule has 110 valence electrons. The molecule has 1 aliphatic carbocycles. The summed E-state index contributed by atoms with van der Waals surface area (Å²) in [5, 5.41) is 12.7. The fourth-order valence-corrected chi connectivity index (χ4v) is 2.50. The molecule has 4 N–H and O–H groups in total. The van der Waals surface area contributed by atoms with Gasteiger partial charge in [-0.15, -0.1) is 0 Å². The Balaban J connectivity index is 1.79. The molecule has 1 saturated heterocycles. The molecule has 8 heteroatoms.